The van der Waals surface area contributed by atoms with Crippen LogP contribution in [-0.2, 0) is 0 Å². The van der Waals surface area contributed by atoms with E-state index in [-0.39, 0.29) is 50.5 Å². The Bertz CT molecular complexity index is 231. The van der Waals surface area contributed by atoms with Crippen molar-refractivity contribution in [3.05, 3.63) is 0 Å². The molecule has 0 saturated heterocycles. The van der Waals surface area contributed by atoms with Gasteiger partial charge in [0.25, 0.3) is 0 Å². The molecular formula is C24H72B6N6. The summed E-state index contributed by atoms with van der Waals surface area (Å²) in [5.41, 5.74) is 0. The zero-order valence-electron chi connectivity index (χ0n) is 30.1. The van der Waals surface area contributed by atoms with E-state index in [1.807, 2.05) is 0 Å². The van der Waals surface area contributed by atoms with Gasteiger partial charge in [0.15, 0.2) is 0 Å². The van der Waals surface area contributed by atoms with Gasteiger partial charge in [0.1, 0.15) is 0 Å². The van der Waals surface area contributed by atoms with Crippen LogP contribution in [0.1, 0.15) is 0 Å². The maximum absolute atomic E-state index is 2.12. The van der Waals surface area contributed by atoms with Crippen molar-refractivity contribution in [3.8, 4) is 0 Å². The fourth-order valence-corrected chi connectivity index (χ4v) is 0. The van der Waals surface area contributed by atoms with Crippen LogP contribution in [0.3, 0.4) is 0 Å². The minimum absolute atomic E-state index is 0. The van der Waals surface area contributed by atoms with Crippen molar-refractivity contribution in [1.29, 1.82) is 0 Å². The van der Waals surface area contributed by atoms with Crippen molar-refractivity contribution in [2.45, 2.75) is 0 Å². The second-order valence-electron chi connectivity index (χ2n) is 16.1. The molecule has 0 aliphatic carbocycles. The molecule has 216 valence electrons. The third kappa shape index (κ3) is 1680000. The molecule has 0 bridgehead atoms. The summed E-state index contributed by atoms with van der Waals surface area (Å²) in [6, 6.07) is 0. The van der Waals surface area contributed by atoms with Crippen LogP contribution in [0, 0.1) is 0 Å². The van der Waals surface area contributed by atoms with Crippen LogP contribution in [0.15, 0.2) is 0 Å². The van der Waals surface area contributed by atoms with E-state index in [4.69, 9.17) is 0 Å². The number of quaternary nitrogens is 6. The topological polar surface area (TPSA) is 0 Å². The van der Waals surface area contributed by atoms with E-state index in [9.17, 15) is 0 Å². The van der Waals surface area contributed by atoms with Crippen LogP contribution < -0.4 is 0 Å². The first-order chi connectivity index (χ1) is 12.0. The lowest BCUT2D eigenvalue weighted by Gasteiger charge is -2.14. The molecule has 0 saturated carbocycles. The Morgan fingerprint density at radius 3 is 0.139 bits per heavy atom. The summed E-state index contributed by atoms with van der Waals surface area (Å²) in [6.07, 6.45) is 0. The van der Waals surface area contributed by atoms with Crippen LogP contribution in [-0.4, -0.2) is 247 Å². The molecule has 0 aromatic heterocycles. The van der Waals surface area contributed by atoms with Crippen LogP contribution in [0.4, 0.5) is 0 Å². The van der Waals surface area contributed by atoms with Crippen molar-refractivity contribution in [1.82, 2.24) is 0 Å². The van der Waals surface area contributed by atoms with Crippen molar-refractivity contribution in [2.75, 3.05) is 169 Å². The van der Waals surface area contributed by atoms with E-state index in [1.165, 1.54) is 0 Å². The van der Waals surface area contributed by atoms with E-state index in [0.717, 1.165) is 26.9 Å². The van der Waals surface area contributed by atoms with E-state index in [1.54, 1.807) is 0 Å². The highest BCUT2D eigenvalue weighted by atomic mass is 15.3. The molecule has 0 fully saturated rings. The molecule has 0 aliphatic rings. The zero-order chi connectivity index (χ0) is 27.0. The van der Waals surface area contributed by atoms with Gasteiger partial charge in [0.2, 0.25) is 0 Å². The minimum atomic E-state index is 0. The molecule has 36 heavy (non-hydrogen) atoms. The molecule has 6 nitrogen and oxygen atoms in total. The van der Waals surface area contributed by atoms with Gasteiger partial charge < -0.3 is 77.4 Å². The summed E-state index contributed by atoms with van der Waals surface area (Å²) >= 11 is 0. The number of hydrogen-bond donors (Lipinski definition) is 0. The summed E-state index contributed by atoms with van der Waals surface area (Å²) in [5, 5.41) is 0. The molecule has 0 heterocycles. The first kappa shape index (κ1) is 76.6. The zero-order valence-corrected chi connectivity index (χ0v) is 30.1. The molecule has 0 aromatic rings. The Morgan fingerprint density at radius 1 is 0.139 bits per heavy atom. The highest BCUT2D eigenvalue weighted by Crippen LogP contribution is 1.75. The molecule has 0 aliphatic heterocycles. The normalized spacial score (nSPS) is 10.0. The minimum Gasteiger partial charge on any atom is -1.00 e. The number of nitrogens with zero attached hydrogens (tertiary/aromatic N) is 6. The Morgan fingerprint density at radius 2 is 0.139 bits per heavy atom. The van der Waals surface area contributed by atoms with Crippen molar-refractivity contribution in [3.63, 3.8) is 0 Å². The SMILES string of the molecule is C[N+](C)(C)C.C[N+](C)(C)C.C[N+](C)(C)C.C[N+](C)(C)C.C[N+](C)(C)C.C[N+](C)(C)C.[B-].[B-].[B-].[B-].[B-].[B-]. The average molecular weight is 510 g/mol. The number of hydrogen-bond acceptors (Lipinski definition) is 0. The summed E-state index contributed by atoms with van der Waals surface area (Å²) in [5.74, 6) is 0. The summed E-state index contributed by atoms with van der Waals surface area (Å²) in [4.78, 5) is 0. The smallest absolute Gasteiger partial charge is 0.0675 e. The van der Waals surface area contributed by atoms with Crippen molar-refractivity contribution < 1.29 is 26.9 Å². The van der Waals surface area contributed by atoms with Gasteiger partial charge >= 0.3 is 0 Å². The highest BCUT2D eigenvalue weighted by molar-refractivity contribution is 5.76. The van der Waals surface area contributed by atoms with Gasteiger partial charge in [-0.05, 0) is 0 Å². The fourth-order valence-electron chi connectivity index (χ4n) is 0. The highest BCUT2D eigenvalue weighted by Gasteiger charge is 1.90. The fraction of sp³-hybridized carbons (Fsp3) is 1.00. The molecule has 0 atom stereocenters. The van der Waals surface area contributed by atoms with E-state index in [0.29, 0.717) is 0 Å². The van der Waals surface area contributed by atoms with E-state index in [2.05, 4.69) is 169 Å². The lowest BCUT2D eigenvalue weighted by atomic mass is 10.8. The quantitative estimate of drug-likeness (QED) is 0.310. The lowest BCUT2D eigenvalue weighted by Crippen LogP contribution is -2.27. The Kier molecular flexibility index (Phi) is 66.7. The van der Waals surface area contributed by atoms with Gasteiger partial charge in [-0.15, -0.1) is 0 Å². The van der Waals surface area contributed by atoms with Crippen LogP contribution in [0.5, 0.6) is 0 Å². The van der Waals surface area contributed by atoms with E-state index < -0.39 is 0 Å². The van der Waals surface area contributed by atoms with Gasteiger partial charge in [-0.1, -0.05) is 0 Å². The van der Waals surface area contributed by atoms with Crippen LogP contribution in [0.2, 0.25) is 0 Å². The monoisotopic (exact) mass is 511 g/mol. The van der Waals surface area contributed by atoms with Gasteiger partial charge in [0, 0.05) is 0 Å². The second-order valence-corrected chi connectivity index (χ2v) is 16.1. The Balaban J connectivity index is -0.0000000186. The predicted molar refractivity (Wildman–Crippen MR) is 178 cm³/mol. The van der Waals surface area contributed by atoms with Crippen LogP contribution in [0.25, 0.3) is 0 Å². The lowest BCUT2D eigenvalue weighted by molar-refractivity contribution is -0.849. The molecule has 24 radical (unpaired) electrons. The van der Waals surface area contributed by atoms with Gasteiger partial charge in [-0.2, -0.15) is 0 Å². The molecular weight excluding hydrogens is 437 g/mol. The predicted octanol–water partition coefficient (Wildman–Crippen LogP) is -0.350. The van der Waals surface area contributed by atoms with E-state index >= 15 is 0 Å². The molecule has 0 aromatic carbocycles. The molecule has 0 rings (SSSR count). The average Bonchev–Trinajstić information content (AvgIpc) is 1.94. The molecule has 0 unspecified atom stereocenters. The standard InChI is InChI=1S/6C4H12N.6B/c6*1-5(2,3)4;;;;;;/h6*1-4H3;;;;;;/q6*+1;6*-1. The maximum atomic E-state index is 2.12. The van der Waals surface area contributed by atoms with Gasteiger partial charge in [-0.3, -0.25) is 0 Å². The maximum Gasteiger partial charge on any atom is 0.0675 e. The summed E-state index contributed by atoms with van der Waals surface area (Å²) in [7, 11) is 51.0. The van der Waals surface area contributed by atoms with Crippen LogP contribution >= 0.6 is 0 Å². The third-order valence-corrected chi connectivity index (χ3v) is 0. The van der Waals surface area contributed by atoms with Crippen molar-refractivity contribution >= 4 is 50.5 Å². The molecule has 0 spiro atoms. The summed E-state index contributed by atoms with van der Waals surface area (Å²) in [6.45, 7) is 0. The Labute approximate surface area is 246 Å². The largest absolute Gasteiger partial charge is 1.00 e. The second kappa shape index (κ2) is 31.4. The van der Waals surface area contributed by atoms with Crippen molar-refractivity contribution in [2.24, 2.45) is 0 Å². The molecule has 12 heteroatoms. The summed E-state index contributed by atoms with van der Waals surface area (Å²) < 4.78 is 6.00. The molecule has 0 N–H and O–H groups in total. The number of rotatable bonds is 0. The Hall–Kier alpha value is 0.150. The first-order valence-corrected chi connectivity index (χ1v) is 10.7. The van der Waals surface area contributed by atoms with Gasteiger partial charge in [0.05, 0.1) is 169 Å². The van der Waals surface area contributed by atoms with Gasteiger partial charge in [-0.25, -0.2) is 0 Å². The first-order valence-electron chi connectivity index (χ1n) is 10.7. The molecule has 0 amide bonds. The third-order valence-electron chi connectivity index (χ3n) is 0.